The number of hydrogen-bond donors (Lipinski definition) is 1. The molecule has 0 aliphatic carbocycles. The van der Waals surface area contributed by atoms with Crippen molar-refractivity contribution in [2.45, 2.75) is 43.3 Å². The first-order chi connectivity index (χ1) is 8.37. The maximum Gasteiger partial charge on any atom is 0.0702 e. The lowest BCUT2D eigenvalue weighted by molar-refractivity contribution is -0.00498. The summed E-state index contributed by atoms with van der Waals surface area (Å²) in [7, 11) is -1.13. The molecule has 3 nitrogen and oxygen atoms in total. The largest absolute Gasteiger partial charge is 0.398 e. The molecular formula is C13H18ClNO2S. The zero-order valence-corrected chi connectivity index (χ0v) is 12.2. The van der Waals surface area contributed by atoms with Crippen LogP contribution in [0.3, 0.4) is 0 Å². The first kappa shape index (κ1) is 13.8. The van der Waals surface area contributed by atoms with E-state index >= 15 is 0 Å². The van der Waals surface area contributed by atoms with E-state index in [-0.39, 0.29) is 11.7 Å². The summed E-state index contributed by atoms with van der Waals surface area (Å²) in [4.78, 5) is 0.646. The lowest BCUT2D eigenvalue weighted by Crippen LogP contribution is -2.23. The second-order valence-corrected chi connectivity index (χ2v) is 7.13. The molecule has 18 heavy (non-hydrogen) atoms. The smallest absolute Gasteiger partial charge is 0.0702 e. The van der Waals surface area contributed by atoms with Crippen LogP contribution in [0.2, 0.25) is 5.02 Å². The summed E-state index contributed by atoms with van der Waals surface area (Å²) >= 11 is 5.83. The van der Waals surface area contributed by atoms with Crippen LogP contribution in [0, 0.1) is 0 Å². The Morgan fingerprint density at radius 3 is 2.83 bits per heavy atom. The Balaban J connectivity index is 2.04. The van der Waals surface area contributed by atoms with E-state index in [4.69, 9.17) is 22.1 Å². The van der Waals surface area contributed by atoms with Crippen molar-refractivity contribution in [3.63, 3.8) is 0 Å². The highest BCUT2D eigenvalue weighted by Crippen LogP contribution is 2.31. The summed E-state index contributed by atoms with van der Waals surface area (Å²) in [5, 5.41) is 0.562. The highest BCUT2D eigenvalue weighted by Gasteiger charge is 2.32. The molecule has 5 heteroatoms. The first-order valence-electron chi connectivity index (χ1n) is 5.99. The van der Waals surface area contributed by atoms with Crippen LogP contribution in [0.25, 0.3) is 0 Å². The van der Waals surface area contributed by atoms with Gasteiger partial charge in [0.05, 0.1) is 33.2 Å². The molecule has 0 amide bonds. The summed E-state index contributed by atoms with van der Waals surface area (Å²) < 4.78 is 18.1. The topological polar surface area (TPSA) is 52.3 Å². The Labute approximate surface area is 115 Å². The van der Waals surface area contributed by atoms with Gasteiger partial charge in [0.15, 0.2) is 0 Å². The van der Waals surface area contributed by atoms with Crippen molar-refractivity contribution >= 4 is 28.1 Å². The zero-order valence-electron chi connectivity index (χ0n) is 10.6. The summed E-state index contributed by atoms with van der Waals surface area (Å²) in [6, 6.07) is 5.08. The van der Waals surface area contributed by atoms with Crippen molar-refractivity contribution < 1.29 is 8.95 Å². The Kier molecular flexibility index (Phi) is 3.99. The second kappa shape index (κ2) is 5.19. The molecule has 1 fully saturated rings. The van der Waals surface area contributed by atoms with Gasteiger partial charge < -0.3 is 10.5 Å². The van der Waals surface area contributed by atoms with Crippen molar-refractivity contribution in [3.05, 3.63) is 23.2 Å². The van der Waals surface area contributed by atoms with Crippen LogP contribution in [-0.2, 0) is 15.5 Å². The van der Waals surface area contributed by atoms with Gasteiger partial charge in [-0.3, -0.25) is 4.21 Å². The number of nitrogens with two attached hydrogens (primary N) is 1. The molecule has 2 rings (SSSR count). The van der Waals surface area contributed by atoms with Crippen LogP contribution in [0.15, 0.2) is 23.1 Å². The molecule has 1 aliphatic heterocycles. The molecule has 1 aliphatic rings. The number of anilines is 1. The van der Waals surface area contributed by atoms with Gasteiger partial charge in [-0.25, -0.2) is 0 Å². The fraction of sp³-hybridized carbons (Fsp3) is 0.538. The van der Waals surface area contributed by atoms with E-state index in [0.29, 0.717) is 21.4 Å². The molecule has 0 aromatic heterocycles. The molecule has 0 radical (unpaired) electrons. The average molecular weight is 288 g/mol. The fourth-order valence-corrected chi connectivity index (χ4v) is 3.65. The monoisotopic (exact) mass is 287 g/mol. The van der Waals surface area contributed by atoms with Gasteiger partial charge in [-0.05, 0) is 44.9 Å². The van der Waals surface area contributed by atoms with E-state index in [9.17, 15) is 4.21 Å². The number of benzene rings is 1. The van der Waals surface area contributed by atoms with Gasteiger partial charge in [-0.15, -0.1) is 0 Å². The number of hydrogen-bond acceptors (Lipinski definition) is 3. The first-order valence-corrected chi connectivity index (χ1v) is 7.68. The molecule has 2 N–H and O–H groups in total. The van der Waals surface area contributed by atoms with Gasteiger partial charge in [0, 0.05) is 10.7 Å². The van der Waals surface area contributed by atoms with Crippen molar-refractivity contribution in [2.75, 3.05) is 11.5 Å². The quantitative estimate of drug-likeness (QED) is 0.870. The molecule has 1 aromatic carbocycles. The molecule has 1 aromatic rings. The Morgan fingerprint density at radius 1 is 1.56 bits per heavy atom. The van der Waals surface area contributed by atoms with E-state index in [1.54, 1.807) is 18.2 Å². The normalized spacial score (nSPS) is 24.1. The van der Waals surface area contributed by atoms with Crippen LogP contribution < -0.4 is 5.73 Å². The summed E-state index contributed by atoms with van der Waals surface area (Å²) in [5.41, 5.74) is 6.22. The van der Waals surface area contributed by atoms with Gasteiger partial charge in [-0.1, -0.05) is 11.6 Å². The molecule has 0 bridgehead atoms. The van der Waals surface area contributed by atoms with Crippen LogP contribution in [-0.4, -0.2) is 21.7 Å². The Hall–Kier alpha value is -0.580. The van der Waals surface area contributed by atoms with Crippen LogP contribution in [0.1, 0.15) is 26.7 Å². The minimum absolute atomic E-state index is 0.0518. The predicted molar refractivity (Wildman–Crippen MR) is 75.3 cm³/mol. The molecule has 100 valence electrons. The second-order valence-electron chi connectivity index (χ2n) is 5.23. The maximum absolute atomic E-state index is 12.3. The number of halogens is 1. The van der Waals surface area contributed by atoms with Crippen molar-refractivity contribution in [1.82, 2.24) is 0 Å². The van der Waals surface area contributed by atoms with Crippen LogP contribution in [0.4, 0.5) is 5.69 Å². The minimum atomic E-state index is -1.13. The number of rotatable bonds is 3. The third-order valence-corrected chi connectivity index (χ3v) is 4.88. The summed E-state index contributed by atoms with van der Waals surface area (Å²) in [6.07, 6.45) is 2.01. The predicted octanol–water partition coefficient (Wildman–Crippen LogP) is 2.99. The molecule has 0 spiro atoms. The molecule has 1 heterocycles. The van der Waals surface area contributed by atoms with Gasteiger partial charge in [0.2, 0.25) is 0 Å². The highest BCUT2D eigenvalue weighted by molar-refractivity contribution is 7.85. The van der Waals surface area contributed by atoms with E-state index in [1.807, 2.05) is 0 Å². The highest BCUT2D eigenvalue weighted by atomic mass is 35.5. The summed E-state index contributed by atoms with van der Waals surface area (Å²) in [6.45, 7) is 4.12. The maximum atomic E-state index is 12.3. The van der Waals surface area contributed by atoms with Crippen molar-refractivity contribution in [2.24, 2.45) is 0 Å². The van der Waals surface area contributed by atoms with E-state index in [2.05, 4.69) is 13.8 Å². The third-order valence-electron chi connectivity index (χ3n) is 3.11. The average Bonchev–Trinajstić information content (AvgIpc) is 2.57. The summed E-state index contributed by atoms with van der Waals surface area (Å²) in [5.74, 6) is 0.495. The lowest BCUT2D eigenvalue weighted by Gasteiger charge is -2.19. The van der Waals surface area contributed by atoms with E-state index < -0.39 is 10.8 Å². The Bertz CT molecular complexity index is 476. The van der Waals surface area contributed by atoms with Crippen LogP contribution >= 0.6 is 11.6 Å². The molecule has 2 unspecified atom stereocenters. The third kappa shape index (κ3) is 3.25. The molecule has 1 saturated heterocycles. The molecule has 2 atom stereocenters. The Morgan fingerprint density at radius 2 is 2.28 bits per heavy atom. The van der Waals surface area contributed by atoms with Gasteiger partial charge in [-0.2, -0.15) is 0 Å². The lowest BCUT2D eigenvalue weighted by atomic mass is 10.1. The number of ether oxygens (including phenoxy) is 1. The standard InChI is InChI=1S/C13H18ClNO2S/c1-13(2)6-5-10(17-13)8-18(16)12-4-3-9(14)7-11(12)15/h3-4,7,10H,5-6,8,15H2,1-2H3. The molecular weight excluding hydrogens is 270 g/mol. The fourth-order valence-electron chi connectivity index (χ4n) is 2.18. The van der Waals surface area contributed by atoms with E-state index in [0.717, 1.165) is 12.8 Å². The van der Waals surface area contributed by atoms with Crippen molar-refractivity contribution in [1.29, 1.82) is 0 Å². The van der Waals surface area contributed by atoms with E-state index in [1.165, 1.54) is 0 Å². The van der Waals surface area contributed by atoms with Gasteiger partial charge >= 0.3 is 0 Å². The van der Waals surface area contributed by atoms with Gasteiger partial charge in [0.25, 0.3) is 0 Å². The number of nitrogen functional groups attached to an aromatic ring is 1. The zero-order chi connectivity index (χ0) is 13.3. The van der Waals surface area contributed by atoms with Crippen molar-refractivity contribution in [3.8, 4) is 0 Å². The molecule has 0 saturated carbocycles. The SMILES string of the molecule is CC1(C)CCC(CS(=O)c2ccc(Cl)cc2N)O1. The minimum Gasteiger partial charge on any atom is -0.398 e. The van der Waals surface area contributed by atoms with Crippen LogP contribution in [0.5, 0.6) is 0 Å². The van der Waals surface area contributed by atoms with Gasteiger partial charge in [0.1, 0.15) is 0 Å².